The minimum absolute atomic E-state index is 0.669. The molecule has 2 aliphatic rings. The number of para-hydroxylation sites is 2. The molecule has 1 unspecified atom stereocenters. The summed E-state index contributed by atoms with van der Waals surface area (Å²) in [4.78, 5) is 4.91. The van der Waals surface area contributed by atoms with Crippen molar-refractivity contribution in [1.29, 1.82) is 0 Å². The van der Waals surface area contributed by atoms with Gasteiger partial charge in [-0.15, -0.1) is 0 Å². The number of likely N-dealkylation sites (N-methyl/N-ethyl adjacent to an activating group) is 1. The van der Waals surface area contributed by atoms with Gasteiger partial charge in [0.05, 0.1) is 11.4 Å². The molecule has 1 aromatic rings. The summed E-state index contributed by atoms with van der Waals surface area (Å²) in [6.45, 7) is 2.25. The van der Waals surface area contributed by atoms with E-state index in [4.69, 9.17) is 0 Å². The van der Waals surface area contributed by atoms with E-state index in [1.807, 2.05) is 0 Å². The minimum atomic E-state index is 0.669. The Bertz CT molecular complexity index is 389. The average molecular weight is 217 g/mol. The van der Waals surface area contributed by atoms with Crippen LogP contribution in [0.4, 0.5) is 11.4 Å². The van der Waals surface area contributed by atoms with Crippen molar-refractivity contribution in [3.05, 3.63) is 24.3 Å². The van der Waals surface area contributed by atoms with Crippen molar-refractivity contribution >= 4 is 11.4 Å². The average Bonchev–Trinajstić information content (AvgIpc) is 2.73. The second-order valence-electron chi connectivity index (χ2n) is 5.06. The van der Waals surface area contributed by atoms with Gasteiger partial charge in [-0.2, -0.15) is 0 Å². The van der Waals surface area contributed by atoms with Gasteiger partial charge in [0.15, 0.2) is 0 Å². The van der Waals surface area contributed by atoms with Gasteiger partial charge in [-0.3, -0.25) is 0 Å². The molecule has 1 N–H and O–H groups in total. The number of anilines is 2. The second-order valence-corrected chi connectivity index (χ2v) is 5.06. The lowest BCUT2D eigenvalue weighted by Gasteiger charge is -2.34. The zero-order valence-electron chi connectivity index (χ0n) is 9.98. The van der Waals surface area contributed by atoms with Gasteiger partial charge in [0.1, 0.15) is 0 Å². The molecule has 2 atom stereocenters. The van der Waals surface area contributed by atoms with Gasteiger partial charge in [-0.25, -0.2) is 0 Å². The Labute approximate surface area is 97.0 Å². The summed E-state index contributed by atoms with van der Waals surface area (Å²) in [5, 5.41) is 3.53. The highest BCUT2D eigenvalue weighted by atomic mass is 15.3. The molecule has 1 saturated heterocycles. The topological polar surface area (TPSA) is 18.5 Å². The highest BCUT2D eigenvalue weighted by molar-refractivity contribution is 5.73. The molecule has 2 aliphatic heterocycles. The Hall–Kier alpha value is -1.22. The molecule has 0 amide bonds. The zero-order chi connectivity index (χ0) is 11.1. The van der Waals surface area contributed by atoms with E-state index < -0.39 is 0 Å². The van der Waals surface area contributed by atoms with Crippen molar-refractivity contribution < 1.29 is 0 Å². The Balaban J connectivity index is 1.90. The summed E-state index contributed by atoms with van der Waals surface area (Å²) in [7, 11) is 4.37. The number of nitrogens with one attached hydrogen (secondary N) is 1. The van der Waals surface area contributed by atoms with E-state index in [2.05, 4.69) is 53.5 Å². The Kier molecular flexibility index (Phi) is 2.28. The first-order chi connectivity index (χ1) is 7.75. The van der Waals surface area contributed by atoms with Crippen LogP contribution in [0.3, 0.4) is 0 Å². The maximum absolute atomic E-state index is 3.53. The molecule has 0 saturated carbocycles. The molecule has 0 spiro atoms. The van der Waals surface area contributed by atoms with Crippen LogP contribution in [0.1, 0.15) is 6.42 Å². The maximum Gasteiger partial charge on any atom is 0.0605 e. The fourth-order valence-electron chi connectivity index (χ4n) is 2.86. The molecule has 1 fully saturated rings. The van der Waals surface area contributed by atoms with Crippen molar-refractivity contribution in [3.8, 4) is 0 Å². The largest absolute Gasteiger partial charge is 0.381 e. The van der Waals surface area contributed by atoms with E-state index in [0.29, 0.717) is 12.1 Å². The molecule has 0 aliphatic carbocycles. The third-order valence-corrected chi connectivity index (χ3v) is 3.86. The van der Waals surface area contributed by atoms with E-state index in [0.717, 1.165) is 13.1 Å². The molecule has 0 radical (unpaired) electrons. The lowest BCUT2D eigenvalue weighted by Crippen LogP contribution is -2.39. The van der Waals surface area contributed by atoms with Crippen LogP contribution < -0.4 is 10.2 Å². The Morgan fingerprint density at radius 3 is 2.94 bits per heavy atom. The monoisotopic (exact) mass is 217 g/mol. The standard InChI is InChI=1S/C13H19N3/c1-15(2)11-7-10-8-14-12-5-3-4-6-13(12)16(10)9-11/h3-6,10-11,14H,7-9H2,1-2H3/t10-,11?/m0/s1. The van der Waals surface area contributed by atoms with Gasteiger partial charge < -0.3 is 15.1 Å². The lowest BCUT2D eigenvalue weighted by molar-refractivity contribution is 0.311. The molecule has 86 valence electrons. The molecule has 0 bridgehead atoms. The van der Waals surface area contributed by atoms with E-state index in [-0.39, 0.29) is 0 Å². The van der Waals surface area contributed by atoms with Crippen LogP contribution >= 0.6 is 0 Å². The fraction of sp³-hybridized carbons (Fsp3) is 0.538. The summed E-state index contributed by atoms with van der Waals surface area (Å²) in [6.07, 6.45) is 1.27. The predicted octanol–water partition coefficient (Wildman–Crippen LogP) is 1.62. The summed E-state index contributed by atoms with van der Waals surface area (Å²) >= 11 is 0. The number of hydrogen-bond acceptors (Lipinski definition) is 3. The number of fused-ring (bicyclic) bond motifs is 3. The molecule has 3 rings (SSSR count). The van der Waals surface area contributed by atoms with Crippen molar-refractivity contribution in [2.75, 3.05) is 37.4 Å². The minimum Gasteiger partial charge on any atom is -0.381 e. The SMILES string of the molecule is CN(C)C1C[C@H]2CNc3ccccc3N2C1. The van der Waals surface area contributed by atoms with Crippen molar-refractivity contribution in [2.24, 2.45) is 0 Å². The zero-order valence-corrected chi connectivity index (χ0v) is 9.98. The van der Waals surface area contributed by atoms with Gasteiger partial charge >= 0.3 is 0 Å². The highest BCUT2D eigenvalue weighted by Crippen LogP contribution is 2.36. The molecule has 16 heavy (non-hydrogen) atoms. The van der Waals surface area contributed by atoms with Gasteiger partial charge in [-0.1, -0.05) is 12.1 Å². The number of rotatable bonds is 1. The van der Waals surface area contributed by atoms with Crippen molar-refractivity contribution in [1.82, 2.24) is 4.90 Å². The molecule has 2 heterocycles. The van der Waals surface area contributed by atoms with Crippen LogP contribution in [0.2, 0.25) is 0 Å². The van der Waals surface area contributed by atoms with E-state index in [1.165, 1.54) is 17.8 Å². The van der Waals surface area contributed by atoms with Crippen LogP contribution in [-0.2, 0) is 0 Å². The summed E-state index contributed by atoms with van der Waals surface area (Å²) < 4.78 is 0. The lowest BCUT2D eigenvalue weighted by atomic mass is 10.1. The van der Waals surface area contributed by atoms with Gasteiger partial charge in [-0.05, 0) is 32.6 Å². The highest BCUT2D eigenvalue weighted by Gasteiger charge is 2.36. The first kappa shape index (κ1) is 9.97. The number of hydrogen-bond donors (Lipinski definition) is 1. The third-order valence-electron chi connectivity index (χ3n) is 3.86. The predicted molar refractivity (Wildman–Crippen MR) is 68.2 cm³/mol. The van der Waals surface area contributed by atoms with Crippen LogP contribution in [0.25, 0.3) is 0 Å². The number of benzene rings is 1. The fourth-order valence-corrected chi connectivity index (χ4v) is 2.86. The van der Waals surface area contributed by atoms with E-state index >= 15 is 0 Å². The van der Waals surface area contributed by atoms with Crippen LogP contribution in [-0.4, -0.2) is 44.2 Å². The molecule has 0 aromatic heterocycles. The summed E-state index contributed by atoms with van der Waals surface area (Å²) in [5.74, 6) is 0. The molecular formula is C13H19N3. The molecule has 1 aromatic carbocycles. The summed E-state index contributed by atoms with van der Waals surface area (Å²) in [6, 6.07) is 10.00. The first-order valence-corrected chi connectivity index (χ1v) is 6.01. The smallest absolute Gasteiger partial charge is 0.0605 e. The number of nitrogens with zero attached hydrogens (tertiary/aromatic N) is 2. The molecule has 3 heteroatoms. The maximum atomic E-state index is 3.53. The van der Waals surface area contributed by atoms with Crippen LogP contribution in [0.15, 0.2) is 24.3 Å². The van der Waals surface area contributed by atoms with Gasteiger partial charge in [0, 0.05) is 25.2 Å². The second kappa shape index (κ2) is 3.67. The van der Waals surface area contributed by atoms with Crippen molar-refractivity contribution in [2.45, 2.75) is 18.5 Å². The van der Waals surface area contributed by atoms with Crippen LogP contribution in [0, 0.1) is 0 Å². The Morgan fingerprint density at radius 2 is 2.12 bits per heavy atom. The van der Waals surface area contributed by atoms with E-state index in [9.17, 15) is 0 Å². The first-order valence-electron chi connectivity index (χ1n) is 6.01. The molecular weight excluding hydrogens is 198 g/mol. The van der Waals surface area contributed by atoms with Crippen LogP contribution in [0.5, 0.6) is 0 Å². The van der Waals surface area contributed by atoms with Gasteiger partial charge in [0.25, 0.3) is 0 Å². The quantitative estimate of drug-likeness (QED) is 0.771. The van der Waals surface area contributed by atoms with Crippen molar-refractivity contribution in [3.63, 3.8) is 0 Å². The Morgan fingerprint density at radius 1 is 1.31 bits per heavy atom. The molecule has 3 nitrogen and oxygen atoms in total. The summed E-state index contributed by atoms with van der Waals surface area (Å²) in [5.41, 5.74) is 2.67. The van der Waals surface area contributed by atoms with Gasteiger partial charge in [0.2, 0.25) is 0 Å². The third kappa shape index (κ3) is 1.47. The van der Waals surface area contributed by atoms with E-state index in [1.54, 1.807) is 0 Å². The normalized spacial score (nSPS) is 27.6.